The number of carbonyl (C=O) groups is 1. The minimum atomic E-state index is -0.739. The molecule has 6 nitrogen and oxygen atoms in total. The molecule has 1 aromatic heterocycles. The molecule has 1 unspecified atom stereocenters. The number of hydrogen-bond donors (Lipinski definition) is 4. The number of nitrogens with zero attached hydrogens (tertiary/aromatic N) is 1. The highest BCUT2D eigenvalue weighted by atomic mass is 32.1. The summed E-state index contributed by atoms with van der Waals surface area (Å²) < 4.78 is 0. The van der Waals surface area contributed by atoms with E-state index in [0.717, 1.165) is 5.01 Å². The topological polar surface area (TPSA) is 108 Å². The van der Waals surface area contributed by atoms with E-state index < -0.39 is 6.04 Å². The Morgan fingerprint density at radius 3 is 2.81 bits per heavy atom. The molecular weight excluding hydrogens is 290 g/mol. The van der Waals surface area contributed by atoms with Crippen molar-refractivity contribution >= 4 is 17.2 Å². The predicted molar refractivity (Wildman–Crippen MR) is 80.1 cm³/mol. The van der Waals surface area contributed by atoms with Gasteiger partial charge in [0, 0.05) is 11.6 Å². The lowest BCUT2D eigenvalue weighted by molar-refractivity contribution is -0.123. The van der Waals surface area contributed by atoms with E-state index in [1.165, 1.54) is 23.5 Å². The molecule has 5 N–H and O–H groups in total. The van der Waals surface area contributed by atoms with E-state index in [4.69, 9.17) is 5.73 Å². The fourth-order valence-corrected chi connectivity index (χ4v) is 2.52. The van der Waals surface area contributed by atoms with E-state index in [1.54, 1.807) is 12.3 Å². The number of benzene rings is 1. The van der Waals surface area contributed by atoms with Crippen LogP contribution in [0.25, 0.3) is 0 Å². The lowest BCUT2D eigenvalue weighted by atomic mass is 10.1. The number of thiazole rings is 1. The van der Waals surface area contributed by atoms with Gasteiger partial charge < -0.3 is 21.3 Å². The molecule has 112 valence electrons. The summed E-state index contributed by atoms with van der Waals surface area (Å²) in [6, 6.07) is 3.44. The molecule has 0 aliphatic carbocycles. The highest BCUT2D eigenvalue weighted by Gasteiger charge is 2.18. The molecule has 0 saturated carbocycles. The van der Waals surface area contributed by atoms with Crippen molar-refractivity contribution in [3.63, 3.8) is 0 Å². The normalized spacial score (nSPS) is 13.6. The summed E-state index contributed by atoms with van der Waals surface area (Å²) in [5, 5.41) is 24.1. The van der Waals surface area contributed by atoms with Crippen LogP contribution in [0.3, 0.4) is 0 Å². The number of hydrogen-bond acceptors (Lipinski definition) is 6. The van der Waals surface area contributed by atoms with Gasteiger partial charge in [0.25, 0.3) is 0 Å². The second-order valence-electron chi connectivity index (χ2n) is 4.73. The van der Waals surface area contributed by atoms with Gasteiger partial charge >= 0.3 is 0 Å². The Balaban J connectivity index is 1.94. The molecule has 0 fully saturated rings. The molecule has 2 rings (SSSR count). The van der Waals surface area contributed by atoms with Gasteiger partial charge in [-0.05, 0) is 31.0 Å². The zero-order valence-corrected chi connectivity index (χ0v) is 12.3. The van der Waals surface area contributed by atoms with Crippen molar-refractivity contribution in [2.45, 2.75) is 25.4 Å². The Morgan fingerprint density at radius 2 is 2.19 bits per heavy atom. The number of phenols is 2. The number of rotatable bonds is 5. The van der Waals surface area contributed by atoms with Crippen LogP contribution in [0.1, 0.15) is 23.5 Å². The average molecular weight is 307 g/mol. The maximum Gasteiger partial charge on any atom is 0.237 e. The largest absolute Gasteiger partial charge is 0.504 e. The van der Waals surface area contributed by atoms with E-state index in [-0.39, 0.29) is 29.9 Å². The summed E-state index contributed by atoms with van der Waals surface area (Å²) in [6.45, 7) is 1.84. The van der Waals surface area contributed by atoms with E-state index >= 15 is 0 Å². The molecule has 2 aromatic rings. The lowest BCUT2D eigenvalue weighted by Crippen LogP contribution is -2.42. The Labute approximate surface area is 126 Å². The quantitative estimate of drug-likeness (QED) is 0.623. The zero-order valence-electron chi connectivity index (χ0n) is 11.5. The van der Waals surface area contributed by atoms with E-state index in [1.807, 2.05) is 12.3 Å². The summed E-state index contributed by atoms with van der Waals surface area (Å²) in [7, 11) is 0. The maximum atomic E-state index is 12.0. The Kier molecular flexibility index (Phi) is 4.77. The molecular formula is C14H17N3O3S. The fraction of sp³-hybridized carbons (Fsp3) is 0.286. The molecule has 2 atom stereocenters. The third-order valence-corrected chi connectivity index (χ3v) is 3.97. The van der Waals surface area contributed by atoms with Gasteiger partial charge in [0.1, 0.15) is 5.01 Å². The van der Waals surface area contributed by atoms with Crippen LogP contribution in [-0.4, -0.2) is 27.1 Å². The number of nitrogens with two attached hydrogens (primary N) is 1. The summed E-state index contributed by atoms with van der Waals surface area (Å²) in [5.41, 5.74) is 6.54. The second kappa shape index (κ2) is 6.55. The molecule has 1 aromatic carbocycles. The number of phenolic OH excluding ortho intramolecular Hbond substituents is 2. The molecule has 21 heavy (non-hydrogen) atoms. The second-order valence-corrected chi connectivity index (χ2v) is 5.66. The van der Waals surface area contributed by atoms with Crippen LogP contribution in [0, 0.1) is 0 Å². The highest BCUT2D eigenvalue weighted by Crippen LogP contribution is 2.25. The Hall–Kier alpha value is -2.12. The molecule has 7 heteroatoms. The van der Waals surface area contributed by atoms with Crippen LogP contribution >= 0.6 is 11.3 Å². The van der Waals surface area contributed by atoms with Crippen LogP contribution in [0.15, 0.2) is 29.8 Å². The minimum absolute atomic E-state index is 0.197. The van der Waals surface area contributed by atoms with Gasteiger partial charge in [-0.25, -0.2) is 4.98 Å². The van der Waals surface area contributed by atoms with Gasteiger partial charge in [-0.2, -0.15) is 0 Å². The van der Waals surface area contributed by atoms with Crippen molar-refractivity contribution in [3.05, 3.63) is 40.3 Å². The van der Waals surface area contributed by atoms with E-state index in [0.29, 0.717) is 5.56 Å². The van der Waals surface area contributed by atoms with E-state index in [9.17, 15) is 15.0 Å². The first-order chi connectivity index (χ1) is 9.97. The van der Waals surface area contributed by atoms with Crippen molar-refractivity contribution in [1.29, 1.82) is 0 Å². The lowest BCUT2D eigenvalue weighted by Gasteiger charge is -2.16. The molecule has 1 amide bonds. The molecule has 0 saturated heterocycles. The number of nitrogens with one attached hydrogen (secondary N) is 1. The number of aromatic hydroxyl groups is 2. The van der Waals surface area contributed by atoms with Crippen molar-refractivity contribution in [1.82, 2.24) is 10.3 Å². The van der Waals surface area contributed by atoms with Crippen molar-refractivity contribution < 1.29 is 15.0 Å². The predicted octanol–water partition coefficient (Wildman–Crippen LogP) is 1.30. The number of carbonyl (C=O) groups excluding carboxylic acids is 1. The monoisotopic (exact) mass is 307 g/mol. The first-order valence-electron chi connectivity index (χ1n) is 6.43. The smallest absolute Gasteiger partial charge is 0.237 e. The van der Waals surface area contributed by atoms with Gasteiger partial charge in [-0.3, -0.25) is 4.79 Å². The molecule has 0 spiro atoms. The molecule has 0 bridgehead atoms. The summed E-state index contributed by atoms with van der Waals surface area (Å²) in [4.78, 5) is 16.2. The van der Waals surface area contributed by atoms with Crippen molar-refractivity contribution in [3.8, 4) is 11.5 Å². The van der Waals surface area contributed by atoms with Gasteiger partial charge in [0.05, 0.1) is 12.1 Å². The first-order valence-corrected chi connectivity index (χ1v) is 7.31. The van der Waals surface area contributed by atoms with Crippen LogP contribution in [0.5, 0.6) is 11.5 Å². The summed E-state index contributed by atoms with van der Waals surface area (Å²) in [5.74, 6) is -0.712. The zero-order chi connectivity index (χ0) is 15.4. The minimum Gasteiger partial charge on any atom is -0.504 e. The molecule has 0 radical (unpaired) electrons. The maximum absolute atomic E-state index is 12.0. The molecule has 1 heterocycles. The highest BCUT2D eigenvalue weighted by molar-refractivity contribution is 7.09. The van der Waals surface area contributed by atoms with Crippen molar-refractivity contribution in [2.75, 3.05) is 0 Å². The van der Waals surface area contributed by atoms with Gasteiger partial charge in [-0.1, -0.05) is 6.07 Å². The van der Waals surface area contributed by atoms with E-state index in [2.05, 4.69) is 10.3 Å². The fourth-order valence-electron chi connectivity index (χ4n) is 1.87. The van der Waals surface area contributed by atoms with Crippen LogP contribution < -0.4 is 11.1 Å². The first kappa shape index (κ1) is 15.3. The Morgan fingerprint density at radius 1 is 1.43 bits per heavy atom. The third-order valence-electron chi connectivity index (χ3n) is 3.01. The summed E-state index contributed by atoms with van der Waals surface area (Å²) >= 11 is 1.46. The third kappa shape index (κ3) is 3.93. The van der Waals surface area contributed by atoms with Crippen LogP contribution in [0.2, 0.25) is 0 Å². The van der Waals surface area contributed by atoms with Crippen molar-refractivity contribution in [2.24, 2.45) is 5.73 Å². The van der Waals surface area contributed by atoms with Gasteiger partial charge in [0.15, 0.2) is 11.5 Å². The standard InChI is InChI=1S/C14H17N3O3S/c1-8(14-16-4-5-21-14)17-13(20)10(15)6-9-2-3-11(18)12(19)7-9/h2-5,7-8,10,18-19H,6,15H2,1H3,(H,17,20)/t8?,10-/m0/s1. The average Bonchev–Trinajstić information content (AvgIpc) is 2.97. The van der Waals surface area contributed by atoms with Crippen LogP contribution in [-0.2, 0) is 11.2 Å². The Bertz CT molecular complexity index is 616. The number of amides is 1. The van der Waals surface area contributed by atoms with Gasteiger partial charge in [0.2, 0.25) is 5.91 Å². The summed E-state index contributed by atoms with van der Waals surface area (Å²) in [6.07, 6.45) is 1.95. The molecule has 0 aliphatic rings. The molecule has 0 aliphatic heterocycles. The SMILES string of the molecule is CC(NC(=O)[C@@H](N)Cc1ccc(O)c(O)c1)c1nccs1. The van der Waals surface area contributed by atoms with Crippen LogP contribution in [0.4, 0.5) is 0 Å². The van der Waals surface area contributed by atoms with Gasteiger partial charge in [-0.15, -0.1) is 11.3 Å². The number of aromatic nitrogens is 1.